The van der Waals surface area contributed by atoms with Gasteiger partial charge >= 0.3 is 11.9 Å². The van der Waals surface area contributed by atoms with Crippen molar-refractivity contribution in [3.63, 3.8) is 0 Å². The number of esters is 2. The zero-order valence-corrected chi connectivity index (χ0v) is 9.73. The Morgan fingerprint density at radius 1 is 1.41 bits per heavy atom. The van der Waals surface area contributed by atoms with Crippen LogP contribution in [-0.4, -0.2) is 24.2 Å². The maximum Gasteiger partial charge on any atom is 0.349 e. The molecule has 5 heteroatoms. The van der Waals surface area contributed by atoms with E-state index >= 15 is 0 Å². The lowest BCUT2D eigenvalue weighted by Crippen LogP contribution is -2.27. The van der Waals surface area contributed by atoms with Gasteiger partial charge in [0.2, 0.25) is 0 Å². The molecule has 0 aromatic heterocycles. The monoisotopic (exact) mass is 236 g/mol. The van der Waals surface area contributed by atoms with Crippen molar-refractivity contribution in [3.05, 3.63) is 22.8 Å². The van der Waals surface area contributed by atoms with E-state index in [-0.39, 0.29) is 11.3 Å². The first-order valence-corrected chi connectivity index (χ1v) is 5.13. The molecule has 17 heavy (non-hydrogen) atoms. The molecule has 0 fully saturated rings. The van der Waals surface area contributed by atoms with Gasteiger partial charge in [0.25, 0.3) is 0 Å². The summed E-state index contributed by atoms with van der Waals surface area (Å²) in [6.07, 6.45) is 0. The van der Waals surface area contributed by atoms with Crippen LogP contribution in [0.1, 0.15) is 34.3 Å². The van der Waals surface area contributed by atoms with Crippen molar-refractivity contribution in [2.75, 3.05) is 7.11 Å². The van der Waals surface area contributed by atoms with Gasteiger partial charge in [-0.25, -0.2) is 4.79 Å². The normalized spacial score (nSPS) is 18.6. The molecule has 1 aromatic carbocycles. The molecule has 0 spiro atoms. The Bertz CT molecular complexity index is 518. The number of carbonyl (C=O) groups excluding carboxylic acids is 2. The third-order valence-electron chi connectivity index (χ3n) is 2.97. The number of cyclic esters (lactones) is 2. The van der Waals surface area contributed by atoms with E-state index < -0.39 is 17.9 Å². The Morgan fingerprint density at radius 2 is 2.06 bits per heavy atom. The molecule has 1 heterocycles. The molecule has 0 radical (unpaired) electrons. The van der Waals surface area contributed by atoms with E-state index in [0.29, 0.717) is 16.9 Å². The van der Waals surface area contributed by atoms with Crippen molar-refractivity contribution in [1.82, 2.24) is 0 Å². The van der Waals surface area contributed by atoms with Gasteiger partial charge in [0.15, 0.2) is 0 Å². The molecule has 0 unspecified atom stereocenters. The lowest BCUT2D eigenvalue weighted by molar-refractivity contribution is -0.140. The zero-order chi connectivity index (χ0) is 12.7. The number of phenols is 1. The van der Waals surface area contributed by atoms with Crippen LogP contribution in [0.4, 0.5) is 0 Å². The average Bonchev–Trinajstić information content (AvgIpc) is 2.28. The highest BCUT2D eigenvalue weighted by atomic mass is 16.6. The van der Waals surface area contributed by atoms with Crippen LogP contribution in [0.5, 0.6) is 11.5 Å². The third kappa shape index (κ3) is 1.54. The second-order valence-corrected chi connectivity index (χ2v) is 3.94. The minimum absolute atomic E-state index is 0.0513. The standard InChI is InChI=1S/C12H12O5/c1-5-8(16-3)4-7(13)10-9(5)6(2)11(14)17-12(10)15/h4,6,13H,1-3H3/t6-/m0/s1. The fourth-order valence-electron chi connectivity index (χ4n) is 2.08. The SMILES string of the molecule is COc1cc(O)c2c(c1C)[C@H](C)C(=O)OC2=O. The van der Waals surface area contributed by atoms with Crippen molar-refractivity contribution in [3.8, 4) is 11.5 Å². The molecular weight excluding hydrogens is 224 g/mol. The highest BCUT2D eigenvalue weighted by molar-refractivity contribution is 6.06. The number of aromatic hydroxyl groups is 1. The number of phenolic OH excluding ortho intramolecular Hbond substituents is 1. The molecule has 90 valence electrons. The number of hydrogen-bond acceptors (Lipinski definition) is 5. The van der Waals surface area contributed by atoms with Crippen molar-refractivity contribution in [2.45, 2.75) is 19.8 Å². The van der Waals surface area contributed by atoms with E-state index in [2.05, 4.69) is 4.74 Å². The molecule has 0 aliphatic carbocycles. The Labute approximate surface area is 98.0 Å². The molecule has 1 aromatic rings. The van der Waals surface area contributed by atoms with Gasteiger partial charge in [0.1, 0.15) is 17.1 Å². The highest BCUT2D eigenvalue weighted by Crippen LogP contribution is 2.40. The molecule has 5 nitrogen and oxygen atoms in total. The Morgan fingerprint density at radius 3 is 2.65 bits per heavy atom. The Hall–Kier alpha value is -2.04. The topological polar surface area (TPSA) is 72.8 Å². The second kappa shape index (κ2) is 3.76. The molecule has 2 rings (SSSR count). The summed E-state index contributed by atoms with van der Waals surface area (Å²) in [7, 11) is 1.46. The molecular formula is C12H12O5. The number of methoxy groups -OCH3 is 1. The smallest absolute Gasteiger partial charge is 0.349 e. The van der Waals surface area contributed by atoms with Gasteiger partial charge in [-0.2, -0.15) is 0 Å². The molecule has 1 aliphatic heterocycles. The summed E-state index contributed by atoms with van der Waals surface area (Å²) in [4.78, 5) is 23.0. The summed E-state index contributed by atoms with van der Waals surface area (Å²) in [5, 5.41) is 9.78. The summed E-state index contributed by atoms with van der Waals surface area (Å²) in [6, 6.07) is 1.35. The van der Waals surface area contributed by atoms with Crippen molar-refractivity contribution in [1.29, 1.82) is 0 Å². The lowest BCUT2D eigenvalue weighted by Gasteiger charge is -2.23. The van der Waals surface area contributed by atoms with E-state index in [4.69, 9.17) is 4.74 Å². The van der Waals surface area contributed by atoms with Crippen LogP contribution in [0.3, 0.4) is 0 Å². The van der Waals surface area contributed by atoms with Crippen LogP contribution in [0.15, 0.2) is 6.07 Å². The first kappa shape index (κ1) is 11.4. The number of benzene rings is 1. The van der Waals surface area contributed by atoms with Crippen LogP contribution in [0, 0.1) is 6.92 Å². The highest BCUT2D eigenvalue weighted by Gasteiger charge is 2.36. The number of rotatable bonds is 1. The van der Waals surface area contributed by atoms with Crippen LogP contribution in [0.2, 0.25) is 0 Å². The molecule has 1 N–H and O–H groups in total. The molecule has 0 saturated carbocycles. The number of hydrogen-bond donors (Lipinski definition) is 1. The van der Waals surface area contributed by atoms with Crippen molar-refractivity contribution >= 4 is 11.9 Å². The van der Waals surface area contributed by atoms with E-state index in [9.17, 15) is 14.7 Å². The second-order valence-electron chi connectivity index (χ2n) is 3.94. The van der Waals surface area contributed by atoms with Crippen LogP contribution in [0.25, 0.3) is 0 Å². The maximum atomic E-state index is 11.6. The largest absolute Gasteiger partial charge is 0.507 e. The first-order valence-electron chi connectivity index (χ1n) is 5.13. The Kier molecular flexibility index (Phi) is 2.53. The van der Waals surface area contributed by atoms with E-state index in [0.717, 1.165) is 0 Å². The number of ether oxygens (including phenoxy) is 2. The maximum absolute atomic E-state index is 11.6. The summed E-state index contributed by atoms with van der Waals surface area (Å²) >= 11 is 0. The zero-order valence-electron chi connectivity index (χ0n) is 9.73. The van der Waals surface area contributed by atoms with E-state index in [1.807, 2.05) is 0 Å². The van der Waals surface area contributed by atoms with Gasteiger partial charge in [-0.3, -0.25) is 4.79 Å². The van der Waals surface area contributed by atoms with Crippen LogP contribution < -0.4 is 4.74 Å². The molecule has 1 atom stereocenters. The van der Waals surface area contributed by atoms with Gasteiger partial charge in [0.05, 0.1) is 13.0 Å². The van der Waals surface area contributed by atoms with E-state index in [1.165, 1.54) is 13.2 Å². The number of carbonyl (C=O) groups is 2. The van der Waals surface area contributed by atoms with Gasteiger partial charge in [-0.05, 0) is 25.0 Å². The van der Waals surface area contributed by atoms with Crippen LogP contribution in [-0.2, 0) is 9.53 Å². The minimum atomic E-state index is -0.814. The summed E-state index contributed by atoms with van der Waals surface area (Å²) in [5.74, 6) is -1.81. The summed E-state index contributed by atoms with van der Waals surface area (Å²) in [5.41, 5.74) is 1.19. The Balaban J connectivity index is 2.78. The molecule has 1 aliphatic rings. The fraction of sp³-hybridized carbons (Fsp3) is 0.333. The van der Waals surface area contributed by atoms with Gasteiger partial charge < -0.3 is 14.6 Å². The minimum Gasteiger partial charge on any atom is -0.507 e. The predicted octanol–water partition coefficient (Wildman–Crippen LogP) is 1.51. The predicted molar refractivity (Wildman–Crippen MR) is 58.2 cm³/mol. The third-order valence-corrected chi connectivity index (χ3v) is 2.97. The summed E-state index contributed by atoms with van der Waals surface area (Å²) < 4.78 is 9.64. The average molecular weight is 236 g/mol. The lowest BCUT2D eigenvalue weighted by atomic mass is 9.88. The van der Waals surface area contributed by atoms with Crippen molar-refractivity contribution in [2.24, 2.45) is 0 Å². The fourth-order valence-corrected chi connectivity index (χ4v) is 2.08. The van der Waals surface area contributed by atoms with Crippen LogP contribution >= 0.6 is 0 Å². The summed E-state index contributed by atoms with van der Waals surface area (Å²) in [6.45, 7) is 3.36. The van der Waals surface area contributed by atoms with Gasteiger partial charge in [-0.15, -0.1) is 0 Å². The molecule has 0 saturated heterocycles. The van der Waals surface area contributed by atoms with E-state index in [1.54, 1.807) is 13.8 Å². The molecule has 0 bridgehead atoms. The van der Waals surface area contributed by atoms with Gasteiger partial charge in [0, 0.05) is 6.07 Å². The van der Waals surface area contributed by atoms with Crippen molar-refractivity contribution < 1.29 is 24.2 Å². The van der Waals surface area contributed by atoms with Gasteiger partial charge in [-0.1, -0.05) is 0 Å². The molecule has 0 amide bonds. The number of fused-ring (bicyclic) bond motifs is 1. The quantitative estimate of drug-likeness (QED) is 0.591. The first-order chi connectivity index (χ1) is 7.97.